The molecule has 0 bridgehead atoms. The van der Waals surface area contributed by atoms with Gasteiger partial charge in [-0.15, -0.1) is 0 Å². The van der Waals surface area contributed by atoms with Crippen molar-refractivity contribution in [3.8, 4) is 0 Å². The minimum absolute atomic E-state index is 0.272. The van der Waals surface area contributed by atoms with Gasteiger partial charge in [0.25, 0.3) is 0 Å². The number of nitrogens with zero attached hydrogens (tertiary/aromatic N) is 1. The van der Waals surface area contributed by atoms with E-state index in [-0.39, 0.29) is 5.41 Å². The number of aryl methyl sites for hydroxylation is 1. The Hall–Kier alpha value is -0.820. The highest BCUT2D eigenvalue weighted by molar-refractivity contribution is 5.49. The summed E-state index contributed by atoms with van der Waals surface area (Å²) in [6.45, 7) is 7.00. The fourth-order valence-corrected chi connectivity index (χ4v) is 4.02. The van der Waals surface area contributed by atoms with Crippen molar-refractivity contribution < 1.29 is 0 Å². The monoisotopic (exact) mass is 257 g/mol. The van der Waals surface area contributed by atoms with Crippen LogP contribution < -0.4 is 0 Å². The van der Waals surface area contributed by atoms with Gasteiger partial charge < -0.3 is 4.90 Å². The van der Waals surface area contributed by atoms with Crippen molar-refractivity contribution in [1.29, 1.82) is 0 Å². The van der Waals surface area contributed by atoms with Crippen LogP contribution in [0.5, 0.6) is 0 Å². The number of likely N-dealkylation sites (N-methyl/N-ethyl adjacent to an activating group) is 1. The van der Waals surface area contributed by atoms with Crippen molar-refractivity contribution in [3.63, 3.8) is 0 Å². The highest BCUT2D eigenvalue weighted by Crippen LogP contribution is 2.45. The summed E-state index contributed by atoms with van der Waals surface area (Å²) in [7, 11) is 4.49. The first-order valence-electron chi connectivity index (χ1n) is 7.70. The highest BCUT2D eigenvalue weighted by Gasteiger charge is 2.37. The van der Waals surface area contributed by atoms with E-state index >= 15 is 0 Å². The normalized spacial score (nSPS) is 25.8. The topological polar surface area (TPSA) is 3.24 Å². The summed E-state index contributed by atoms with van der Waals surface area (Å²) < 4.78 is 0. The lowest BCUT2D eigenvalue weighted by Gasteiger charge is -2.31. The standard InChI is InChI=1S/C18H27N/c1-18(2,3)14-9-12-7-6-8-15-16(19(4)5)11-13(10-14)17(12)15/h9-10,15-16H,6-8,11H2,1-5H3. The molecule has 2 aliphatic rings. The van der Waals surface area contributed by atoms with Gasteiger partial charge in [-0.05, 0) is 67.4 Å². The third kappa shape index (κ3) is 2.12. The van der Waals surface area contributed by atoms with Crippen LogP contribution in [0.3, 0.4) is 0 Å². The maximum Gasteiger partial charge on any atom is 0.0199 e. The minimum atomic E-state index is 0.272. The Labute approximate surface area is 118 Å². The molecule has 0 saturated carbocycles. The molecule has 0 N–H and O–H groups in total. The Kier molecular flexibility index (Phi) is 3.01. The molecular weight excluding hydrogens is 230 g/mol. The van der Waals surface area contributed by atoms with Crippen LogP contribution >= 0.6 is 0 Å². The van der Waals surface area contributed by atoms with Crippen LogP contribution in [0.2, 0.25) is 0 Å². The second-order valence-electron chi connectivity index (χ2n) is 7.69. The van der Waals surface area contributed by atoms with E-state index in [0.717, 1.165) is 12.0 Å². The highest BCUT2D eigenvalue weighted by atomic mass is 15.1. The number of hydrogen-bond donors (Lipinski definition) is 0. The maximum atomic E-state index is 2.50. The molecule has 19 heavy (non-hydrogen) atoms. The zero-order valence-electron chi connectivity index (χ0n) is 13.1. The molecule has 3 rings (SSSR count). The molecule has 104 valence electrons. The quantitative estimate of drug-likeness (QED) is 0.738. The first-order chi connectivity index (χ1) is 8.88. The Balaban J connectivity index is 2.10. The second kappa shape index (κ2) is 4.34. The van der Waals surface area contributed by atoms with Crippen LogP contribution in [0, 0.1) is 0 Å². The molecule has 2 unspecified atom stereocenters. The maximum absolute atomic E-state index is 2.50. The van der Waals surface area contributed by atoms with Gasteiger partial charge in [0.1, 0.15) is 0 Å². The predicted octanol–water partition coefficient (Wildman–Crippen LogP) is 3.89. The summed E-state index contributed by atoms with van der Waals surface area (Å²) in [6.07, 6.45) is 5.31. The first-order valence-corrected chi connectivity index (χ1v) is 7.70. The zero-order chi connectivity index (χ0) is 13.8. The van der Waals surface area contributed by atoms with Gasteiger partial charge in [0.15, 0.2) is 0 Å². The molecule has 0 aliphatic heterocycles. The summed E-state index contributed by atoms with van der Waals surface area (Å²) >= 11 is 0. The van der Waals surface area contributed by atoms with E-state index in [0.29, 0.717) is 0 Å². The average Bonchev–Trinajstić information content (AvgIpc) is 2.69. The molecule has 1 nitrogen and oxygen atoms in total. The Morgan fingerprint density at radius 3 is 2.42 bits per heavy atom. The number of rotatable bonds is 1. The Morgan fingerprint density at radius 1 is 1.11 bits per heavy atom. The number of hydrogen-bond acceptors (Lipinski definition) is 1. The second-order valence-corrected chi connectivity index (χ2v) is 7.69. The first kappa shape index (κ1) is 13.2. The lowest BCUT2D eigenvalue weighted by molar-refractivity contribution is 0.254. The smallest absolute Gasteiger partial charge is 0.0199 e. The van der Waals surface area contributed by atoms with Gasteiger partial charge in [0.2, 0.25) is 0 Å². The summed E-state index contributed by atoms with van der Waals surface area (Å²) in [5.74, 6) is 0.794. The molecule has 0 spiro atoms. The van der Waals surface area contributed by atoms with E-state index < -0.39 is 0 Å². The summed E-state index contributed by atoms with van der Waals surface area (Å²) in [5.41, 5.74) is 6.82. The van der Waals surface area contributed by atoms with E-state index in [2.05, 4.69) is 51.9 Å². The Bertz CT molecular complexity index is 493. The molecule has 0 heterocycles. The predicted molar refractivity (Wildman–Crippen MR) is 82.0 cm³/mol. The summed E-state index contributed by atoms with van der Waals surface area (Å²) in [4.78, 5) is 2.44. The van der Waals surface area contributed by atoms with Crippen molar-refractivity contribution in [2.75, 3.05) is 14.1 Å². The lowest BCUT2D eigenvalue weighted by atomic mass is 9.78. The molecule has 2 atom stereocenters. The van der Waals surface area contributed by atoms with Crippen molar-refractivity contribution in [3.05, 3.63) is 34.4 Å². The third-order valence-corrected chi connectivity index (χ3v) is 5.11. The molecule has 0 aromatic heterocycles. The fraction of sp³-hybridized carbons (Fsp3) is 0.667. The van der Waals surface area contributed by atoms with Crippen LogP contribution in [-0.2, 0) is 18.3 Å². The van der Waals surface area contributed by atoms with Gasteiger partial charge >= 0.3 is 0 Å². The van der Waals surface area contributed by atoms with Crippen molar-refractivity contribution in [1.82, 2.24) is 4.90 Å². The van der Waals surface area contributed by atoms with Gasteiger partial charge in [0.05, 0.1) is 0 Å². The minimum Gasteiger partial charge on any atom is -0.306 e. The Morgan fingerprint density at radius 2 is 1.79 bits per heavy atom. The molecular formula is C18H27N. The van der Waals surface area contributed by atoms with Crippen LogP contribution in [0.25, 0.3) is 0 Å². The molecule has 0 saturated heterocycles. The molecule has 0 fully saturated rings. The summed E-state index contributed by atoms with van der Waals surface area (Å²) in [6, 6.07) is 5.73. The van der Waals surface area contributed by atoms with Gasteiger partial charge in [0, 0.05) is 12.0 Å². The lowest BCUT2D eigenvalue weighted by Crippen LogP contribution is -2.32. The van der Waals surface area contributed by atoms with E-state index in [1.54, 1.807) is 16.7 Å². The third-order valence-electron chi connectivity index (χ3n) is 5.11. The SMILES string of the molecule is CN(C)C1Cc2cc(C(C)(C)C)cc3c2C1CCC3. The molecule has 1 aromatic rings. The van der Waals surface area contributed by atoms with Gasteiger partial charge in [-0.1, -0.05) is 32.9 Å². The molecule has 0 amide bonds. The molecule has 1 heteroatoms. The largest absolute Gasteiger partial charge is 0.306 e. The van der Waals surface area contributed by atoms with E-state index in [4.69, 9.17) is 0 Å². The van der Waals surface area contributed by atoms with E-state index in [9.17, 15) is 0 Å². The van der Waals surface area contributed by atoms with Crippen LogP contribution in [0.15, 0.2) is 12.1 Å². The van der Waals surface area contributed by atoms with Crippen molar-refractivity contribution >= 4 is 0 Å². The van der Waals surface area contributed by atoms with Crippen LogP contribution in [-0.4, -0.2) is 25.0 Å². The molecule has 2 aliphatic carbocycles. The summed E-state index contributed by atoms with van der Waals surface area (Å²) in [5, 5.41) is 0. The van der Waals surface area contributed by atoms with E-state index in [1.165, 1.54) is 31.2 Å². The average molecular weight is 257 g/mol. The van der Waals surface area contributed by atoms with Gasteiger partial charge in [-0.25, -0.2) is 0 Å². The van der Waals surface area contributed by atoms with Gasteiger partial charge in [-0.2, -0.15) is 0 Å². The van der Waals surface area contributed by atoms with Crippen molar-refractivity contribution in [2.24, 2.45) is 0 Å². The number of benzene rings is 1. The van der Waals surface area contributed by atoms with Crippen LogP contribution in [0.1, 0.15) is 61.8 Å². The van der Waals surface area contributed by atoms with Gasteiger partial charge in [-0.3, -0.25) is 0 Å². The zero-order valence-corrected chi connectivity index (χ0v) is 13.1. The molecule has 0 radical (unpaired) electrons. The molecule has 1 aromatic carbocycles. The van der Waals surface area contributed by atoms with Crippen LogP contribution in [0.4, 0.5) is 0 Å². The van der Waals surface area contributed by atoms with E-state index in [1.807, 2.05) is 0 Å². The van der Waals surface area contributed by atoms with Crippen molar-refractivity contribution in [2.45, 2.75) is 63.8 Å². The fourth-order valence-electron chi connectivity index (χ4n) is 4.02.